The molecule has 1 aliphatic rings. The Morgan fingerprint density at radius 3 is 2.70 bits per heavy atom. The summed E-state index contributed by atoms with van der Waals surface area (Å²) in [5.74, 6) is 0.955. The zero-order valence-corrected chi connectivity index (χ0v) is 20.4. The van der Waals surface area contributed by atoms with Crippen LogP contribution in [0.5, 0.6) is 0 Å². The standard InChI is InChI=1S/C19H35N5OS.HI/c1-5-20-19(21-10-13-24-11-8-6-7-9-12-24)23(3)14-17-15-26-18(22-17)16(2)25-4;/h15-16H,5-14H2,1-4H3,(H,20,21);1H. The maximum absolute atomic E-state index is 5.35. The number of likely N-dealkylation sites (tertiary alicyclic amines) is 1. The molecule has 1 aromatic rings. The van der Waals surface area contributed by atoms with Crippen LogP contribution >= 0.6 is 35.3 Å². The Morgan fingerprint density at radius 2 is 2.07 bits per heavy atom. The van der Waals surface area contributed by atoms with Crippen molar-refractivity contribution in [3.05, 3.63) is 16.1 Å². The lowest BCUT2D eigenvalue weighted by Gasteiger charge is -2.22. The van der Waals surface area contributed by atoms with Crippen LogP contribution in [0.2, 0.25) is 0 Å². The Labute approximate surface area is 185 Å². The van der Waals surface area contributed by atoms with Crippen molar-refractivity contribution in [2.24, 2.45) is 4.99 Å². The maximum atomic E-state index is 5.35. The molecule has 1 aromatic heterocycles. The fraction of sp³-hybridized carbons (Fsp3) is 0.789. The van der Waals surface area contributed by atoms with E-state index in [0.29, 0.717) is 0 Å². The first kappa shape index (κ1) is 24.6. The number of halogens is 1. The quantitative estimate of drug-likeness (QED) is 0.329. The predicted molar refractivity (Wildman–Crippen MR) is 125 cm³/mol. The summed E-state index contributed by atoms with van der Waals surface area (Å²) >= 11 is 1.66. The number of aliphatic imine (C=N–C) groups is 1. The predicted octanol–water partition coefficient (Wildman–Crippen LogP) is 3.74. The second-order valence-corrected chi connectivity index (χ2v) is 7.79. The van der Waals surface area contributed by atoms with Crippen molar-refractivity contribution in [1.82, 2.24) is 20.1 Å². The van der Waals surface area contributed by atoms with E-state index in [1.807, 2.05) is 6.92 Å². The number of nitrogens with zero attached hydrogens (tertiary/aromatic N) is 4. The van der Waals surface area contributed by atoms with Crippen LogP contribution in [0.3, 0.4) is 0 Å². The van der Waals surface area contributed by atoms with Gasteiger partial charge in [-0.2, -0.15) is 0 Å². The van der Waals surface area contributed by atoms with Crippen LogP contribution in [0, 0.1) is 0 Å². The van der Waals surface area contributed by atoms with Crippen LogP contribution < -0.4 is 5.32 Å². The molecule has 0 aliphatic carbocycles. The Kier molecular flexibility index (Phi) is 12.5. The first-order chi connectivity index (χ1) is 12.6. The van der Waals surface area contributed by atoms with Crippen molar-refractivity contribution >= 4 is 41.3 Å². The van der Waals surface area contributed by atoms with E-state index in [1.54, 1.807) is 18.4 Å². The van der Waals surface area contributed by atoms with E-state index in [-0.39, 0.29) is 30.1 Å². The molecule has 156 valence electrons. The lowest BCUT2D eigenvalue weighted by Crippen LogP contribution is -2.39. The smallest absolute Gasteiger partial charge is 0.194 e. The van der Waals surface area contributed by atoms with Crippen molar-refractivity contribution in [1.29, 1.82) is 0 Å². The number of ether oxygens (including phenoxy) is 1. The second-order valence-electron chi connectivity index (χ2n) is 6.90. The van der Waals surface area contributed by atoms with Crippen LogP contribution in [0.15, 0.2) is 10.4 Å². The highest BCUT2D eigenvalue weighted by Gasteiger charge is 2.13. The monoisotopic (exact) mass is 509 g/mol. The number of methoxy groups -OCH3 is 1. The molecule has 27 heavy (non-hydrogen) atoms. The third-order valence-electron chi connectivity index (χ3n) is 4.74. The van der Waals surface area contributed by atoms with Gasteiger partial charge in [-0.05, 0) is 39.8 Å². The summed E-state index contributed by atoms with van der Waals surface area (Å²) in [5.41, 5.74) is 1.06. The Bertz CT molecular complexity index is 546. The van der Waals surface area contributed by atoms with Crippen LogP contribution in [0.25, 0.3) is 0 Å². The molecular formula is C19H36IN5OS. The Morgan fingerprint density at radius 1 is 1.37 bits per heavy atom. The number of thiazole rings is 1. The summed E-state index contributed by atoms with van der Waals surface area (Å²) in [6, 6.07) is 0. The normalized spacial score (nSPS) is 17.1. The van der Waals surface area contributed by atoms with Crippen LogP contribution in [-0.4, -0.2) is 67.6 Å². The number of guanidine groups is 1. The van der Waals surface area contributed by atoms with E-state index in [2.05, 4.69) is 39.5 Å². The minimum absolute atomic E-state index is 0. The Balaban J connectivity index is 0.00000364. The molecule has 1 saturated heterocycles. The topological polar surface area (TPSA) is 53.0 Å². The van der Waals surface area contributed by atoms with Gasteiger partial charge in [0.1, 0.15) is 11.1 Å². The summed E-state index contributed by atoms with van der Waals surface area (Å²) in [7, 11) is 3.80. The fourth-order valence-electron chi connectivity index (χ4n) is 3.13. The molecule has 0 spiro atoms. The Hall–Kier alpha value is -0.450. The average Bonchev–Trinajstić information content (AvgIpc) is 2.95. The zero-order valence-electron chi connectivity index (χ0n) is 17.2. The lowest BCUT2D eigenvalue weighted by atomic mass is 10.2. The van der Waals surface area contributed by atoms with Crippen LogP contribution in [0.1, 0.15) is 56.3 Å². The number of hydrogen-bond acceptors (Lipinski definition) is 5. The van der Waals surface area contributed by atoms with E-state index in [4.69, 9.17) is 9.73 Å². The van der Waals surface area contributed by atoms with Gasteiger partial charge in [-0.1, -0.05) is 12.8 Å². The van der Waals surface area contributed by atoms with Crippen molar-refractivity contribution in [3.63, 3.8) is 0 Å². The number of hydrogen-bond donors (Lipinski definition) is 1. The number of rotatable bonds is 8. The second kappa shape index (κ2) is 13.7. The van der Waals surface area contributed by atoms with Crippen molar-refractivity contribution in [3.8, 4) is 0 Å². The van der Waals surface area contributed by atoms with Crippen molar-refractivity contribution in [2.45, 2.75) is 52.2 Å². The molecule has 2 rings (SSSR count). The average molecular weight is 510 g/mol. The molecule has 0 aromatic carbocycles. The van der Waals surface area contributed by atoms with Gasteiger partial charge in [0.05, 0.1) is 18.8 Å². The van der Waals surface area contributed by atoms with E-state index >= 15 is 0 Å². The van der Waals surface area contributed by atoms with Gasteiger partial charge >= 0.3 is 0 Å². The van der Waals surface area contributed by atoms with Crippen LogP contribution in [0.4, 0.5) is 0 Å². The summed E-state index contributed by atoms with van der Waals surface area (Å²) in [6.07, 6.45) is 5.46. The van der Waals surface area contributed by atoms with E-state index in [9.17, 15) is 0 Å². The van der Waals surface area contributed by atoms with Gasteiger partial charge in [0.15, 0.2) is 5.96 Å². The van der Waals surface area contributed by atoms with Crippen molar-refractivity contribution in [2.75, 3.05) is 46.9 Å². The largest absolute Gasteiger partial charge is 0.375 e. The molecule has 2 heterocycles. The van der Waals surface area contributed by atoms with Crippen LogP contribution in [-0.2, 0) is 11.3 Å². The molecule has 8 heteroatoms. The summed E-state index contributed by atoms with van der Waals surface area (Å²) in [5, 5.41) is 6.54. The molecule has 0 saturated carbocycles. The summed E-state index contributed by atoms with van der Waals surface area (Å²) in [6.45, 7) is 10.1. The van der Waals surface area contributed by atoms with E-state index < -0.39 is 0 Å². The van der Waals surface area contributed by atoms with Gasteiger partial charge in [0.2, 0.25) is 0 Å². The molecule has 1 fully saturated rings. The van der Waals surface area contributed by atoms with Crippen molar-refractivity contribution < 1.29 is 4.74 Å². The first-order valence-electron chi connectivity index (χ1n) is 9.83. The molecule has 0 bridgehead atoms. The summed E-state index contributed by atoms with van der Waals surface area (Å²) < 4.78 is 5.35. The van der Waals surface area contributed by atoms with Gasteiger partial charge in [0, 0.05) is 32.6 Å². The zero-order chi connectivity index (χ0) is 18.8. The fourth-order valence-corrected chi connectivity index (χ4v) is 3.97. The third kappa shape index (κ3) is 8.62. The minimum Gasteiger partial charge on any atom is -0.375 e. The van der Waals surface area contributed by atoms with E-state index in [1.165, 1.54) is 38.8 Å². The molecule has 6 nitrogen and oxygen atoms in total. The van der Waals surface area contributed by atoms with Gasteiger partial charge in [-0.3, -0.25) is 4.99 Å². The lowest BCUT2D eigenvalue weighted by molar-refractivity contribution is 0.119. The molecule has 0 amide bonds. The van der Waals surface area contributed by atoms with Gasteiger partial charge in [-0.15, -0.1) is 35.3 Å². The van der Waals surface area contributed by atoms with Gasteiger partial charge in [-0.25, -0.2) is 4.98 Å². The number of nitrogens with one attached hydrogen (secondary N) is 1. The molecular weight excluding hydrogens is 473 g/mol. The highest BCUT2D eigenvalue weighted by atomic mass is 127. The SMILES string of the molecule is CCNC(=NCCN1CCCCCC1)N(C)Cc1csc(C(C)OC)n1.I. The molecule has 1 N–H and O–H groups in total. The summed E-state index contributed by atoms with van der Waals surface area (Å²) in [4.78, 5) is 14.2. The first-order valence-corrected chi connectivity index (χ1v) is 10.7. The highest BCUT2D eigenvalue weighted by Crippen LogP contribution is 2.20. The number of aromatic nitrogens is 1. The third-order valence-corrected chi connectivity index (χ3v) is 5.80. The molecule has 0 radical (unpaired) electrons. The van der Waals surface area contributed by atoms with E-state index in [0.717, 1.165) is 42.8 Å². The van der Waals surface area contributed by atoms with Gasteiger partial charge in [0.25, 0.3) is 0 Å². The minimum atomic E-state index is 0. The van der Waals surface area contributed by atoms with Gasteiger partial charge < -0.3 is 19.9 Å². The molecule has 1 unspecified atom stereocenters. The molecule has 1 aliphatic heterocycles. The maximum Gasteiger partial charge on any atom is 0.194 e. The highest BCUT2D eigenvalue weighted by molar-refractivity contribution is 14.0. The molecule has 1 atom stereocenters.